The number of benzene rings is 1. The van der Waals surface area contributed by atoms with Gasteiger partial charge in [0.05, 0.1) is 0 Å². The maximum atomic E-state index is 11.5. The minimum absolute atomic E-state index is 0.0550. The van der Waals surface area contributed by atoms with Crippen molar-refractivity contribution in [2.75, 3.05) is 12.0 Å². The first-order valence-electron chi connectivity index (χ1n) is 5.03. The summed E-state index contributed by atoms with van der Waals surface area (Å²) in [7, 11) is -3.31. The smallest absolute Gasteiger partial charge is 0.154 e. The SMILES string of the molecule is CS(=O)(=O)CC(=O)CC(N=N)c1ccccc1. The topological polar surface area (TPSA) is 87.4 Å². The zero-order valence-electron chi connectivity index (χ0n) is 9.46. The molecule has 17 heavy (non-hydrogen) atoms. The van der Waals surface area contributed by atoms with Crippen molar-refractivity contribution in [1.29, 1.82) is 5.53 Å². The highest BCUT2D eigenvalue weighted by atomic mass is 32.2. The van der Waals surface area contributed by atoms with Gasteiger partial charge in [0, 0.05) is 12.7 Å². The largest absolute Gasteiger partial charge is 0.298 e. The van der Waals surface area contributed by atoms with Gasteiger partial charge in [-0.2, -0.15) is 5.11 Å². The van der Waals surface area contributed by atoms with Gasteiger partial charge >= 0.3 is 0 Å². The van der Waals surface area contributed by atoms with Gasteiger partial charge in [-0.1, -0.05) is 30.3 Å². The van der Waals surface area contributed by atoms with E-state index >= 15 is 0 Å². The number of hydrogen-bond donors (Lipinski definition) is 1. The molecule has 92 valence electrons. The molecular formula is C11H14N2O3S. The number of hydrogen-bond acceptors (Lipinski definition) is 5. The molecular weight excluding hydrogens is 240 g/mol. The van der Waals surface area contributed by atoms with Crippen LogP contribution in [0.5, 0.6) is 0 Å². The van der Waals surface area contributed by atoms with Crippen LogP contribution in [0.3, 0.4) is 0 Å². The number of sulfone groups is 1. The zero-order chi connectivity index (χ0) is 12.9. The second-order valence-electron chi connectivity index (χ2n) is 3.87. The predicted octanol–water partition coefficient (Wildman–Crippen LogP) is 1.76. The quantitative estimate of drug-likeness (QED) is 0.784. The van der Waals surface area contributed by atoms with Gasteiger partial charge in [0.15, 0.2) is 9.84 Å². The number of nitrogens with zero attached hydrogens (tertiary/aromatic N) is 1. The first-order valence-corrected chi connectivity index (χ1v) is 7.09. The monoisotopic (exact) mass is 254 g/mol. The van der Waals surface area contributed by atoms with Crippen LogP contribution < -0.4 is 0 Å². The van der Waals surface area contributed by atoms with Crippen molar-refractivity contribution in [3.05, 3.63) is 35.9 Å². The molecule has 0 aliphatic carbocycles. The van der Waals surface area contributed by atoms with E-state index in [9.17, 15) is 13.2 Å². The van der Waals surface area contributed by atoms with Gasteiger partial charge in [0.2, 0.25) is 0 Å². The second kappa shape index (κ2) is 5.67. The van der Waals surface area contributed by atoms with Gasteiger partial charge in [-0.15, -0.1) is 0 Å². The summed E-state index contributed by atoms with van der Waals surface area (Å²) in [5, 5.41) is 3.36. The minimum atomic E-state index is -3.31. The van der Waals surface area contributed by atoms with Crippen molar-refractivity contribution in [2.45, 2.75) is 12.5 Å². The van der Waals surface area contributed by atoms with Gasteiger partial charge in [0.1, 0.15) is 17.6 Å². The summed E-state index contributed by atoms with van der Waals surface area (Å²) in [6.45, 7) is 0. The van der Waals surface area contributed by atoms with E-state index in [1.165, 1.54) is 0 Å². The van der Waals surface area contributed by atoms with Crippen molar-refractivity contribution < 1.29 is 13.2 Å². The predicted molar refractivity (Wildman–Crippen MR) is 63.7 cm³/mol. The van der Waals surface area contributed by atoms with Crippen molar-refractivity contribution in [3.8, 4) is 0 Å². The summed E-state index contributed by atoms with van der Waals surface area (Å²) in [5.74, 6) is -0.913. The third-order valence-corrected chi connectivity index (χ3v) is 3.03. The standard InChI is InChI=1S/C11H14N2O3S/c1-17(15,16)8-10(14)7-11(13-12)9-5-3-2-4-6-9/h2-6,11-12H,7-8H2,1H3. The van der Waals surface area contributed by atoms with Gasteiger partial charge in [-0.3, -0.25) is 4.79 Å². The normalized spacial score (nSPS) is 13.0. The van der Waals surface area contributed by atoms with Crippen LogP contribution in [0, 0.1) is 5.53 Å². The van der Waals surface area contributed by atoms with E-state index in [1.54, 1.807) is 24.3 Å². The lowest BCUT2D eigenvalue weighted by molar-refractivity contribution is -0.117. The van der Waals surface area contributed by atoms with Crippen LogP contribution in [0.25, 0.3) is 0 Å². The molecule has 0 heterocycles. The Morgan fingerprint density at radius 3 is 2.41 bits per heavy atom. The van der Waals surface area contributed by atoms with E-state index in [1.807, 2.05) is 6.07 Å². The lowest BCUT2D eigenvalue weighted by atomic mass is 10.0. The summed E-state index contributed by atoms with van der Waals surface area (Å²) >= 11 is 0. The third-order valence-electron chi connectivity index (χ3n) is 2.18. The Hall–Kier alpha value is -1.56. The fourth-order valence-corrected chi connectivity index (χ4v) is 2.18. The molecule has 1 aromatic rings. The molecule has 1 N–H and O–H groups in total. The lowest BCUT2D eigenvalue weighted by Gasteiger charge is -2.09. The van der Waals surface area contributed by atoms with E-state index in [4.69, 9.17) is 5.53 Å². The molecule has 0 aliphatic heterocycles. The first kappa shape index (κ1) is 13.5. The van der Waals surface area contributed by atoms with Crippen LogP contribution in [0.4, 0.5) is 0 Å². The highest BCUT2D eigenvalue weighted by Crippen LogP contribution is 2.21. The number of carbonyl (C=O) groups excluding carboxylic acids is 1. The molecule has 0 spiro atoms. The number of Topliss-reactive ketones (excluding diaryl/α,β-unsaturated/α-hetero) is 1. The van der Waals surface area contributed by atoms with Crippen LogP contribution in [0.15, 0.2) is 35.4 Å². The molecule has 0 fully saturated rings. The molecule has 5 nitrogen and oxygen atoms in total. The van der Waals surface area contributed by atoms with Gasteiger partial charge in [0.25, 0.3) is 0 Å². The molecule has 0 amide bonds. The van der Waals surface area contributed by atoms with Crippen molar-refractivity contribution in [1.82, 2.24) is 0 Å². The van der Waals surface area contributed by atoms with Crippen molar-refractivity contribution in [2.24, 2.45) is 5.11 Å². The first-order chi connectivity index (χ1) is 7.92. The Balaban J connectivity index is 2.72. The van der Waals surface area contributed by atoms with Gasteiger partial charge in [-0.05, 0) is 5.56 Å². The average Bonchev–Trinajstić information content (AvgIpc) is 2.24. The second-order valence-corrected chi connectivity index (χ2v) is 6.01. The van der Waals surface area contributed by atoms with E-state index in [-0.39, 0.29) is 6.42 Å². The molecule has 1 unspecified atom stereocenters. The molecule has 0 radical (unpaired) electrons. The summed E-state index contributed by atoms with van der Waals surface area (Å²) < 4.78 is 21.9. The molecule has 0 aromatic heterocycles. The Bertz CT molecular complexity index is 497. The third kappa shape index (κ3) is 4.86. The molecule has 6 heteroatoms. The van der Waals surface area contributed by atoms with Crippen LogP contribution in [0.2, 0.25) is 0 Å². The summed E-state index contributed by atoms with van der Waals surface area (Å²) in [5.41, 5.74) is 7.79. The van der Waals surface area contributed by atoms with Crippen LogP contribution >= 0.6 is 0 Å². The fourth-order valence-electron chi connectivity index (χ4n) is 1.48. The number of rotatable bonds is 6. The summed E-state index contributed by atoms with van der Waals surface area (Å²) in [6.07, 6.45) is 0.959. The zero-order valence-corrected chi connectivity index (χ0v) is 10.3. The van der Waals surface area contributed by atoms with E-state index < -0.39 is 27.4 Å². The molecule has 1 rings (SSSR count). The molecule has 1 aromatic carbocycles. The minimum Gasteiger partial charge on any atom is -0.298 e. The maximum Gasteiger partial charge on any atom is 0.154 e. The fraction of sp³-hybridized carbons (Fsp3) is 0.364. The van der Waals surface area contributed by atoms with Crippen molar-refractivity contribution >= 4 is 15.6 Å². The number of nitrogens with one attached hydrogen (secondary N) is 1. The van der Waals surface area contributed by atoms with Gasteiger partial charge < -0.3 is 0 Å². The molecule has 0 saturated carbocycles. The lowest BCUT2D eigenvalue weighted by Crippen LogP contribution is -2.16. The Morgan fingerprint density at radius 2 is 1.94 bits per heavy atom. The van der Waals surface area contributed by atoms with Crippen molar-refractivity contribution in [3.63, 3.8) is 0 Å². The van der Waals surface area contributed by atoms with Crippen LogP contribution in [0.1, 0.15) is 18.0 Å². The Morgan fingerprint density at radius 1 is 1.35 bits per heavy atom. The Kier molecular flexibility index (Phi) is 4.51. The molecule has 0 aliphatic rings. The number of ketones is 1. The highest BCUT2D eigenvalue weighted by molar-refractivity contribution is 7.91. The molecule has 0 bridgehead atoms. The van der Waals surface area contributed by atoms with Crippen LogP contribution in [-0.2, 0) is 14.6 Å². The summed E-state index contributed by atoms with van der Waals surface area (Å²) in [6, 6.07) is 8.32. The van der Waals surface area contributed by atoms with E-state index in [0.29, 0.717) is 0 Å². The highest BCUT2D eigenvalue weighted by Gasteiger charge is 2.18. The number of carbonyl (C=O) groups is 1. The summed E-state index contributed by atoms with van der Waals surface area (Å²) in [4.78, 5) is 11.5. The van der Waals surface area contributed by atoms with E-state index in [0.717, 1.165) is 11.8 Å². The molecule has 1 atom stereocenters. The Labute approximate surface area is 100 Å². The molecule has 0 saturated heterocycles. The maximum absolute atomic E-state index is 11.5. The average molecular weight is 254 g/mol. The van der Waals surface area contributed by atoms with Gasteiger partial charge in [-0.25, -0.2) is 13.9 Å². The van der Waals surface area contributed by atoms with E-state index in [2.05, 4.69) is 5.11 Å². The van der Waals surface area contributed by atoms with Crippen LogP contribution in [-0.4, -0.2) is 26.2 Å².